The van der Waals surface area contributed by atoms with Crippen LogP contribution in [-0.4, -0.2) is 12.6 Å². The number of ether oxygens (including phenoxy) is 2. The minimum Gasteiger partial charge on any atom is -0.462 e. The second-order valence-corrected chi connectivity index (χ2v) is 4.54. The zero-order chi connectivity index (χ0) is 15.2. The molecule has 4 nitrogen and oxygen atoms in total. The summed E-state index contributed by atoms with van der Waals surface area (Å²) in [7, 11) is 0. The maximum atomic E-state index is 11.5. The molecule has 0 aliphatic heterocycles. The maximum Gasteiger partial charge on any atom is 0.338 e. The Labute approximate surface area is 127 Å². The number of carbonyl (C=O) groups excluding carboxylic acids is 1. The Morgan fingerprint density at radius 1 is 1.24 bits per heavy atom. The van der Waals surface area contributed by atoms with E-state index in [0.29, 0.717) is 34.3 Å². The van der Waals surface area contributed by atoms with Crippen LogP contribution >= 0.6 is 11.6 Å². The van der Waals surface area contributed by atoms with Gasteiger partial charge in [-0.05, 0) is 43.3 Å². The molecule has 0 saturated carbocycles. The van der Waals surface area contributed by atoms with Gasteiger partial charge in [-0.2, -0.15) is 5.26 Å². The lowest BCUT2D eigenvalue weighted by Gasteiger charge is -2.08. The van der Waals surface area contributed by atoms with Gasteiger partial charge < -0.3 is 9.47 Å². The van der Waals surface area contributed by atoms with Crippen molar-refractivity contribution in [3.63, 3.8) is 0 Å². The largest absolute Gasteiger partial charge is 0.462 e. The van der Waals surface area contributed by atoms with Gasteiger partial charge in [0.2, 0.25) is 0 Å². The fraction of sp³-hybridized carbons (Fsp3) is 0.125. The molecule has 2 aromatic carbocycles. The minimum atomic E-state index is -0.385. The van der Waals surface area contributed by atoms with E-state index in [9.17, 15) is 4.79 Å². The number of rotatable bonds is 4. The van der Waals surface area contributed by atoms with Gasteiger partial charge in [-0.15, -0.1) is 0 Å². The zero-order valence-electron chi connectivity index (χ0n) is 11.3. The third kappa shape index (κ3) is 3.74. The molecule has 2 rings (SSSR count). The molecule has 0 aliphatic rings. The molecule has 21 heavy (non-hydrogen) atoms. The van der Waals surface area contributed by atoms with Crippen molar-refractivity contribution in [1.29, 1.82) is 5.26 Å². The van der Waals surface area contributed by atoms with E-state index in [2.05, 4.69) is 0 Å². The van der Waals surface area contributed by atoms with E-state index in [1.54, 1.807) is 49.4 Å². The minimum absolute atomic E-state index is 0.325. The van der Waals surface area contributed by atoms with Crippen molar-refractivity contribution >= 4 is 17.6 Å². The van der Waals surface area contributed by atoms with Gasteiger partial charge in [0.15, 0.2) is 0 Å². The number of nitriles is 1. The lowest BCUT2D eigenvalue weighted by molar-refractivity contribution is 0.0526. The predicted molar refractivity (Wildman–Crippen MR) is 78.6 cm³/mol. The van der Waals surface area contributed by atoms with Crippen LogP contribution in [-0.2, 0) is 4.74 Å². The number of esters is 1. The van der Waals surface area contributed by atoms with Crippen LogP contribution in [0.3, 0.4) is 0 Å². The van der Waals surface area contributed by atoms with Crippen molar-refractivity contribution in [2.45, 2.75) is 6.92 Å². The molecule has 0 amide bonds. The van der Waals surface area contributed by atoms with Crippen LogP contribution < -0.4 is 4.74 Å². The zero-order valence-corrected chi connectivity index (χ0v) is 12.1. The van der Waals surface area contributed by atoms with Crippen LogP contribution in [0.1, 0.15) is 22.8 Å². The average Bonchev–Trinajstić information content (AvgIpc) is 2.48. The second kappa shape index (κ2) is 6.78. The Bertz CT molecular complexity index is 690. The summed E-state index contributed by atoms with van der Waals surface area (Å²) >= 11 is 5.89. The molecule has 0 radical (unpaired) electrons. The molecule has 0 saturated heterocycles. The Kier molecular flexibility index (Phi) is 4.81. The van der Waals surface area contributed by atoms with Crippen LogP contribution in [0.15, 0.2) is 42.5 Å². The van der Waals surface area contributed by atoms with E-state index in [0.717, 1.165) is 0 Å². The smallest absolute Gasteiger partial charge is 0.338 e. The van der Waals surface area contributed by atoms with E-state index in [1.165, 1.54) is 0 Å². The highest BCUT2D eigenvalue weighted by Gasteiger charge is 2.08. The molecule has 2 aromatic rings. The van der Waals surface area contributed by atoms with Crippen LogP contribution in [0.25, 0.3) is 0 Å². The molecule has 0 unspecified atom stereocenters. The molecule has 0 N–H and O–H groups in total. The third-order valence-corrected chi connectivity index (χ3v) is 2.89. The number of hydrogen-bond donors (Lipinski definition) is 0. The lowest BCUT2D eigenvalue weighted by Crippen LogP contribution is -2.04. The highest BCUT2D eigenvalue weighted by Crippen LogP contribution is 2.28. The van der Waals surface area contributed by atoms with E-state index in [1.807, 2.05) is 6.07 Å². The number of halogens is 1. The number of hydrogen-bond acceptors (Lipinski definition) is 4. The van der Waals surface area contributed by atoms with Crippen LogP contribution in [0, 0.1) is 11.3 Å². The first kappa shape index (κ1) is 14.9. The molecule has 0 fully saturated rings. The van der Waals surface area contributed by atoms with Gasteiger partial charge in [0.1, 0.15) is 17.6 Å². The summed E-state index contributed by atoms with van der Waals surface area (Å²) in [4.78, 5) is 11.5. The van der Waals surface area contributed by atoms with Crippen LogP contribution in [0.4, 0.5) is 0 Å². The molecule has 0 aromatic heterocycles. The van der Waals surface area contributed by atoms with Gasteiger partial charge in [-0.25, -0.2) is 4.79 Å². The summed E-state index contributed by atoms with van der Waals surface area (Å²) in [6, 6.07) is 13.3. The maximum absolute atomic E-state index is 11.5. The van der Waals surface area contributed by atoms with Crippen molar-refractivity contribution in [2.75, 3.05) is 6.61 Å². The Morgan fingerprint density at radius 3 is 2.57 bits per heavy atom. The second-order valence-electron chi connectivity index (χ2n) is 4.10. The molecular weight excluding hydrogens is 290 g/mol. The molecular formula is C16H12ClNO3. The summed E-state index contributed by atoms with van der Waals surface area (Å²) < 4.78 is 10.5. The first-order valence-electron chi connectivity index (χ1n) is 6.28. The summed E-state index contributed by atoms with van der Waals surface area (Å²) in [5.74, 6) is 0.486. The molecule has 0 atom stereocenters. The molecule has 0 spiro atoms. The number of benzene rings is 2. The van der Waals surface area contributed by atoms with E-state index in [4.69, 9.17) is 26.3 Å². The first-order valence-corrected chi connectivity index (χ1v) is 6.66. The lowest BCUT2D eigenvalue weighted by atomic mass is 10.2. The summed E-state index contributed by atoms with van der Waals surface area (Å²) in [5, 5.41) is 9.51. The summed E-state index contributed by atoms with van der Waals surface area (Å²) in [5.41, 5.74) is 0.824. The average molecular weight is 302 g/mol. The van der Waals surface area contributed by atoms with E-state index >= 15 is 0 Å². The van der Waals surface area contributed by atoms with Gasteiger partial charge in [-0.1, -0.05) is 11.6 Å². The SMILES string of the molecule is CCOC(=O)c1ccc(Oc2cc(Cl)ccc2C#N)cc1. The van der Waals surface area contributed by atoms with Gasteiger partial charge in [-0.3, -0.25) is 0 Å². The monoisotopic (exact) mass is 301 g/mol. The molecule has 0 aliphatic carbocycles. The van der Waals surface area contributed by atoms with Crippen molar-refractivity contribution in [1.82, 2.24) is 0 Å². The van der Waals surface area contributed by atoms with Crippen LogP contribution in [0.2, 0.25) is 5.02 Å². The highest BCUT2D eigenvalue weighted by molar-refractivity contribution is 6.30. The fourth-order valence-corrected chi connectivity index (χ4v) is 1.84. The summed E-state index contributed by atoms with van der Waals surface area (Å²) in [6.07, 6.45) is 0. The number of carbonyl (C=O) groups is 1. The molecule has 0 bridgehead atoms. The standard InChI is InChI=1S/C16H12ClNO3/c1-2-20-16(19)11-4-7-14(8-5-11)21-15-9-13(17)6-3-12(15)10-18/h3-9H,2H2,1H3. The van der Waals surface area contributed by atoms with Gasteiger partial charge >= 0.3 is 5.97 Å². The Morgan fingerprint density at radius 2 is 1.95 bits per heavy atom. The van der Waals surface area contributed by atoms with Gasteiger partial charge in [0.05, 0.1) is 17.7 Å². The highest BCUT2D eigenvalue weighted by atomic mass is 35.5. The predicted octanol–water partition coefficient (Wildman–Crippen LogP) is 4.18. The Balaban J connectivity index is 2.19. The third-order valence-electron chi connectivity index (χ3n) is 2.66. The summed E-state index contributed by atoms with van der Waals surface area (Å²) in [6.45, 7) is 2.07. The van der Waals surface area contributed by atoms with Crippen molar-refractivity contribution < 1.29 is 14.3 Å². The first-order chi connectivity index (χ1) is 10.1. The molecule has 0 heterocycles. The van der Waals surface area contributed by atoms with Crippen molar-refractivity contribution in [2.24, 2.45) is 0 Å². The normalized spacial score (nSPS) is 9.76. The van der Waals surface area contributed by atoms with Crippen molar-refractivity contribution in [3.8, 4) is 17.6 Å². The van der Waals surface area contributed by atoms with E-state index < -0.39 is 0 Å². The molecule has 5 heteroatoms. The molecule has 106 valence electrons. The topological polar surface area (TPSA) is 59.3 Å². The fourth-order valence-electron chi connectivity index (χ4n) is 1.67. The number of nitrogens with zero attached hydrogens (tertiary/aromatic N) is 1. The van der Waals surface area contributed by atoms with E-state index in [-0.39, 0.29) is 5.97 Å². The van der Waals surface area contributed by atoms with Crippen LogP contribution in [0.5, 0.6) is 11.5 Å². The van der Waals surface area contributed by atoms with Gasteiger partial charge in [0, 0.05) is 11.1 Å². The quantitative estimate of drug-likeness (QED) is 0.795. The van der Waals surface area contributed by atoms with Gasteiger partial charge in [0.25, 0.3) is 0 Å². The van der Waals surface area contributed by atoms with Crippen molar-refractivity contribution in [3.05, 3.63) is 58.6 Å². The Hall–Kier alpha value is -2.51.